The summed E-state index contributed by atoms with van der Waals surface area (Å²) in [6, 6.07) is 0.718. The fourth-order valence-corrected chi connectivity index (χ4v) is 3.59. The average Bonchev–Trinajstić information content (AvgIpc) is 2.89. The van der Waals surface area contributed by atoms with Crippen LogP contribution in [0.2, 0.25) is 0 Å². The molecule has 0 radical (unpaired) electrons. The molecule has 1 saturated heterocycles. The standard InChI is InChI=1S/C16H33N3/c1-14(2)16(19-10-8-18(3)9-11-19)13-17-12-15-6-4-5-7-15/h14-17H,4-13H2,1-3H3. The number of piperazine rings is 1. The average molecular weight is 267 g/mol. The van der Waals surface area contributed by atoms with Crippen LogP contribution in [-0.4, -0.2) is 62.2 Å². The van der Waals surface area contributed by atoms with Gasteiger partial charge in [-0.05, 0) is 38.3 Å². The SMILES string of the molecule is CC(C)C(CNCC1CCCC1)N1CCN(C)CC1. The molecule has 0 bridgehead atoms. The fourth-order valence-electron chi connectivity index (χ4n) is 3.59. The highest BCUT2D eigenvalue weighted by molar-refractivity contribution is 4.82. The van der Waals surface area contributed by atoms with Crippen LogP contribution in [0.25, 0.3) is 0 Å². The zero-order chi connectivity index (χ0) is 13.7. The van der Waals surface area contributed by atoms with Crippen molar-refractivity contribution in [1.29, 1.82) is 0 Å². The van der Waals surface area contributed by atoms with E-state index in [-0.39, 0.29) is 0 Å². The van der Waals surface area contributed by atoms with Crippen LogP contribution in [0.3, 0.4) is 0 Å². The van der Waals surface area contributed by atoms with Gasteiger partial charge in [0.2, 0.25) is 0 Å². The van der Waals surface area contributed by atoms with E-state index in [2.05, 4.69) is 36.0 Å². The number of nitrogens with one attached hydrogen (secondary N) is 1. The van der Waals surface area contributed by atoms with Crippen molar-refractivity contribution >= 4 is 0 Å². The number of nitrogens with zero attached hydrogens (tertiary/aromatic N) is 2. The Balaban J connectivity index is 1.72. The summed E-state index contributed by atoms with van der Waals surface area (Å²) in [5.74, 6) is 1.71. The number of rotatable bonds is 6. The van der Waals surface area contributed by atoms with Gasteiger partial charge in [-0.1, -0.05) is 26.7 Å². The number of likely N-dealkylation sites (N-methyl/N-ethyl adjacent to an activating group) is 1. The Kier molecular flexibility index (Phi) is 6.11. The normalized spacial score (nSPS) is 25.3. The molecule has 0 amide bonds. The van der Waals surface area contributed by atoms with Gasteiger partial charge in [0.05, 0.1) is 0 Å². The molecular weight excluding hydrogens is 234 g/mol. The van der Waals surface area contributed by atoms with Gasteiger partial charge in [-0.2, -0.15) is 0 Å². The molecule has 2 rings (SSSR count). The van der Waals surface area contributed by atoms with E-state index in [9.17, 15) is 0 Å². The largest absolute Gasteiger partial charge is 0.315 e. The molecule has 1 aliphatic heterocycles. The van der Waals surface area contributed by atoms with Crippen molar-refractivity contribution in [2.45, 2.75) is 45.6 Å². The molecular formula is C16H33N3. The fraction of sp³-hybridized carbons (Fsp3) is 1.00. The third kappa shape index (κ3) is 4.73. The first-order valence-electron chi connectivity index (χ1n) is 8.30. The van der Waals surface area contributed by atoms with Crippen LogP contribution in [0.4, 0.5) is 0 Å². The van der Waals surface area contributed by atoms with Gasteiger partial charge in [-0.3, -0.25) is 4.90 Å². The molecule has 19 heavy (non-hydrogen) atoms. The Morgan fingerprint density at radius 2 is 1.68 bits per heavy atom. The van der Waals surface area contributed by atoms with Gasteiger partial charge < -0.3 is 10.2 Å². The highest BCUT2D eigenvalue weighted by atomic mass is 15.3. The first-order valence-corrected chi connectivity index (χ1v) is 8.30. The maximum absolute atomic E-state index is 3.76. The van der Waals surface area contributed by atoms with Crippen molar-refractivity contribution in [3.05, 3.63) is 0 Å². The first-order chi connectivity index (χ1) is 9.16. The Labute approximate surface area is 119 Å². The number of hydrogen-bond donors (Lipinski definition) is 1. The van der Waals surface area contributed by atoms with Crippen molar-refractivity contribution < 1.29 is 0 Å². The third-order valence-corrected chi connectivity index (χ3v) is 5.04. The van der Waals surface area contributed by atoms with Gasteiger partial charge in [0.25, 0.3) is 0 Å². The molecule has 1 saturated carbocycles. The van der Waals surface area contributed by atoms with Crippen LogP contribution >= 0.6 is 0 Å². The van der Waals surface area contributed by atoms with E-state index in [4.69, 9.17) is 0 Å². The molecule has 2 fully saturated rings. The molecule has 3 nitrogen and oxygen atoms in total. The Bertz CT molecular complexity index is 240. The van der Waals surface area contributed by atoms with Gasteiger partial charge in [0.15, 0.2) is 0 Å². The predicted octanol–water partition coefficient (Wildman–Crippen LogP) is 2.04. The lowest BCUT2D eigenvalue weighted by atomic mass is 10.0. The molecule has 0 aromatic rings. The molecule has 0 aromatic carbocycles. The van der Waals surface area contributed by atoms with Gasteiger partial charge in [0, 0.05) is 38.8 Å². The lowest BCUT2D eigenvalue weighted by Gasteiger charge is -2.40. The summed E-state index contributed by atoms with van der Waals surface area (Å²) in [5.41, 5.74) is 0. The van der Waals surface area contributed by atoms with E-state index >= 15 is 0 Å². The Morgan fingerprint density at radius 3 is 2.26 bits per heavy atom. The minimum absolute atomic E-state index is 0.718. The summed E-state index contributed by atoms with van der Waals surface area (Å²) >= 11 is 0. The second-order valence-electron chi connectivity index (χ2n) is 6.96. The smallest absolute Gasteiger partial charge is 0.0244 e. The molecule has 3 heteroatoms. The van der Waals surface area contributed by atoms with Crippen LogP contribution in [-0.2, 0) is 0 Å². The highest BCUT2D eigenvalue weighted by Crippen LogP contribution is 2.23. The van der Waals surface area contributed by atoms with E-state index < -0.39 is 0 Å². The van der Waals surface area contributed by atoms with Crippen molar-refractivity contribution in [3.63, 3.8) is 0 Å². The maximum atomic E-state index is 3.76. The van der Waals surface area contributed by atoms with Gasteiger partial charge in [-0.15, -0.1) is 0 Å². The maximum Gasteiger partial charge on any atom is 0.0244 e. The van der Waals surface area contributed by atoms with Crippen LogP contribution in [0, 0.1) is 11.8 Å². The minimum atomic E-state index is 0.718. The van der Waals surface area contributed by atoms with Gasteiger partial charge in [0.1, 0.15) is 0 Å². The van der Waals surface area contributed by atoms with E-state index in [0.29, 0.717) is 0 Å². The molecule has 1 heterocycles. The second kappa shape index (κ2) is 7.61. The molecule has 1 unspecified atom stereocenters. The minimum Gasteiger partial charge on any atom is -0.315 e. The van der Waals surface area contributed by atoms with Crippen molar-refractivity contribution in [2.75, 3.05) is 46.3 Å². The first kappa shape index (κ1) is 15.3. The summed E-state index contributed by atoms with van der Waals surface area (Å²) in [7, 11) is 2.24. The molecule has 1 N–H and O–H groups in total. The van der Waals surface area contributed by atoms with Gasteiger partial charge in [-0.25, -0.2) is 0 Å². The molecule has 1 aliphatic carbocycles. The van der Waals surface area contributed by atoms with Crippen LogP contribution in [0.5, 0.6) is 0 Å². The summed E-state index contributed by atoms with van der Waals surface area (Å²) in [4.78, 5) is 5.14. The lowest BCUT2D eigenvalue weighted by molar-refractivity contribution is 0.0871. The lowest BCUT2D eigenvalue weighted by Crippen LogP contribution is -2.53. The highest BCUT2D eigenvalue weighted by Gasteiger charge is 2.25. The topological polar surface area (TPSA) is 18.5 Å². The monoisotopic (exact) mass is 267 g/mol. The third-order valence-electron chi connectivity index (χ3n) is 5.04. The Hall–Kier alpha value is -0.120. The summed E-state index contributed by atoms with van der Waals surface area (Å²) in [6.07, 6.45) is 5.82. The van der Waals surface area contributed by atoms with Crippen molar-refractivity contribution in [1.82, 2.24) is 15.1 Å². The molecule has 112 valence electrons. The van der Waals surface area contributed by atoms with E-state index in [1.54, 1.807) is 0 Å². The van der Waals surface area contributed by atoms with Crippen LogP contribution in [0.15, 0.2) is 0 Å². The molecule has 1 atom stereocenters. The Morgan fingerprint density at radius 1 is 1.05 bits per heavy atom. The summed E-state index contributed by atoms with van der Waals surface area (Å²) < 4.78 is 0. The number of hydrogen-bond acceptors (Lipinski definition) is 3. The van der Waals surface area contributed by atoms with E-state index in [0.717, 1.165) is 17.9 Å². The molecule has 0 aromatic heterocycles. The van der Waals surface area contributed by atoms with Crippen LogP contribution < -0.4 is 5.32 Å². The zero-order valence-corrected chi connectivity index (χ0v) is 13.2. The second-order valence-corrected chi connectivity index (χ2v) is 6.96. The van der Waals surface area contributed by atoms with Crippen molar-refractivity contribution in [2.24, 2.45) is 11.8 Å². The predicted molar refractivity (Wildman–Crippen MR) is 82.5 cm³/mol. The van der Waals surface area contributed by atoms with E-state index in [1.165, 1.54) is 65.0 Å². The summed E-state index contributed by atoms with van der Waals surface area (Å²) in [6.45, 7) is 12.1. The summed E-state index contributed by atoms with van der Waals surface area (Å²) in [5, 5.41) is 3.76. The molecule has 2 aliphatic rings. The molecule has 0 spiro atoms. The van der Waals surface area contributed by atoms with Gasteiger partial charge >= 0.3 is 0 Å². The van der Waals surface area contributed by atoms with Crippen LogP contribution in [0.1, 0.15) is 39.5 Å². The van der Waals surface area contributed by atoms with E-state index in [1.807, 2.05) is 0 Å². The van der Waals surface area contributed by atoms with Crippen molar-refractivity contribution in [3.8, 4) is 0 Å². The zero-order valence-electron chi connectivity index (χ0n) is 13.2. The quantitative estimate of drug-likeness (QED) is 0.794.